The Hall–Kier alpha value is -2.17. The van der Waals surface area contributed by atoms with Gasteiger partial charge >= 0.3 is 0 Å². The molecule has 3 rings (SSSR count). The molecule has 2 heterocycles. The number of nitrogens with one attached hydrogen (secondary N) is 2. The van der Waals surface area contributed by atoms with Crippen LogP contribution in [-0.2, 0) is 0 Å². The highest BCUT2D eigenvalue weighted by atomic mass is 15.3. The molecule has 14 heavy (non-hydrogen) atoms. The van der Waals surface area contributed by atoms with Crippen molar-refractivity contribution in [1.29, 1.82) is 0 Å². The minimum absolute atomic E-state index is 0.752. The van der Waals surface area contributed by atoms with E-state index in [-0.39, 0.29) is 0 Å². The smallest absolute Gasteiger partial charge is 0.133 e. The van der Waals surface area contributed by atoms with Gasteiger partial charge in [-0.1, -0.05) is 23.4 Å². The highest BCUT2D eigenvalue weighted by molar-refractivity contribution is 5.91. The topological polar surface area (TPSA) is 70.2 Å². The lowest BCUT2D eigenvalue weighted by Gasteiger charge is -1.88. The van der Waals surface area contributed by atoms with Gasteiger partial charge in [0.15, 0.2) is 0 Å². The zero-order valence-corrected chi connectivity index (χ0v) is 7.23. The van der Waals surface area contributed by atoms with Crippen LogP contribution in [0, 0.1) is 0 Å². The fourth-order valence-electron chi connectivity index (χ4n) is 1.48. The van der Waals surface area contributed by atoms with E-state index in [1.54, 1.807) is 6.20 Å². The summed E-state index contributed by atoms with van der Waals surface area (Å²) in [6, 6.07) is 7.92. The largest absolute Gasteiger partial charge is 0.277 e. The summed E-state index contributed by atoms with van der Waals surface area (Å²) in [6.07, 6.45) is 1.72. The molecule has 5 heteroatoms. The Balaban J connectivity index is 2.33. The molecular weight excluding hydrogens is 178 g/mol. The van der Waals surface area contributed by atoms with Crippen molar-refractivity contribution in [2.24, 2.45) is 0 Å². The second-order valence-electron chi connectivity index (χ2n) is 2.98. The Morgan fingerprint density at radius 1 is 1.14 bits per heavy atom. The Kier molecular flexibility index (Phi) is 1.38. The summed E-state index contributed by atoms with van der Waals surface area (Å²) in [5, 5.41) is 18.4. The maximum absolute atomic E-state index is 4.19. The van der Waals surface area contributed by atoms with Gasteiger partial charge in [-0.15, -0.1) is 5.10 Å². The van der Waals surface area contributed by atoms with Crippen LogP contribution in [0.4, 0.5) is 0 Å². The zero-order valence-electron chi connectivity index (χ0n) is 7.23. The Morgan fingerprint density at radius 2 is 2.07 bits per heavy atom. The van der Waals surface area contributed by atoms with Crippen molar-refractivity contribution in [1.82, 2.24) is 25.6 Å². The fourth-order valence-corrected chi connectivity index (χ4v) is 1.48. The number of rotatable bonds is 1. The van der Waals surface area contributed by atoms with E-state index in [2.05, 4.69) is 25.6 Å². The molecule has 68 valence electrons. The van der Waals surface area contributed by atoms with Gasteiger partial charge in [0.05, 0.1) is 11.7 Å². The van der Waals surface area contributed by atoms with E-state index in [1.165, 1.54) is 0 Å². The lowest BCUT2D eigenvalue weighted by molar-refractivity contribution is 0.940. The minimum atomic E-state index is 0.752. The van der Waals surface area contributed by atoms with Gasteiger partial charge in [-0.2, -0.15) is 5.10 Å². The lowest BCUT2D eigenvalue weighted by Crippen LogP contribution is -1.78. The van der Waals surface area contributed by atoms with Gasteiger partial charge in [-0.25, -0.2) is 0 Å². The standard InChI is InChI=1S/C9H7N5/c1-2-4-7-6(3-1)9(13-11-7)8-5-10-14-12-8/h1-5H,(H,11,13)(H,10,12,14). The SMILES string of the molecule is c1ccc2c(-c3c[nH]nn3)n[nH]c2c1. The average Bonchev–Trinajstić information content (AvgIpc) is 2.85. The lowest BCUT2D eigenvalue weighted by atomic mass is 10.2. The maximum Gasteiger partial charge on any atom is 0.133 e. The molecule has 0 amide bonds. The van der Waals surface area contributed by atoms with E-state index in [0.29, 0.717) is 0 Å². The van der Waals surface area contributed by atoms with Gasteiger partial charge in [0.2, 0.25) is 0 Å². The van der Waals surface area contributed by atoms with Crippen molar-refractivity contribution in [3.63, 3.8) is 0 Å². The molecule has 2 N–H and O–H groups in total. The molecule has 0 bridgehead atoms. The third kappa shape index (κ3) is 0.922. The number of nitrogens with zero attached hydrogens (tertiary/aromatic N) is 3. The number of benzene rings is 1. The molecule has 0 saturated carbocycles. The molecule has 0 atom stereocenters. The summed E-state index contributed by atoms with van der Waals surface area (Å²) in [7, 11) is 0. The summed E-state index contributed by atoms with van der Waals surface area (Å²) in [6.45, 7) is 0. The predicted molar refractivity (Wildman–Crippen MR) is 51.5 cm³/mol. The Morgan fingerprint density at radius 3 is 2.93 bits per heavy atom. The first-order valence-corrected chi connectivity index (χ1v) is 4.25. The number of fused-ring (bicyclic) bond motifs is 1. The second kappa shape index (κ2) is 2.66. The van der Waals surface area contributed by atoms with Crippen molar-refractivity contribution < 1.29 is 0 Å². The van der Waals surface area contributed by atoms with Gasteiger partial charge in [0.1, 0.15) is 11.4 Å². The highest BCUT2D eigenvalue weighted by Crippen LogP contribution is 2.22. The first-order valence-electron chi connectivity index (χ1n) is 4.25. The van der Waals surface area contributed by atoms with E-state index < -0.39 is 0 Å². The quantitative estimate of drug-likeness (QED) is 0.601. The van der Waals surface area contributed by atoms with Crippen molar-refractivity contribution in [2.45, 2.75) is 0 Å². The Bertz CT molecular complexity index is 551. The molecule has 0 unspecified atom stereocenters. The van der Waals surface area contributed by atoms with Crippen LogP contribution in [0.2, 0.25) is 0 Å². The van der Waals surface area contributed by atoms with E-state index in [4.69, 9.17) is 0 Å². The van der Waals surface area contributed by atoms with Gasteiger partial charge in [-0.3, -0.25) is 10.2 Å². The highest BCUT2D eigenvalue weighted by Gasteiger charge is 2.08. The molecule has 0 fully saturated rings. The van der Waals surface area contributed by atoms with Crippen molar-refractivity contribution in [3.05, 3.63) is 30.5 Å². The summed E-state index contributed by atoms with van der Waals surface area (Å²) < 4.78 is 0. The molecule has 0 aliphatic heterocycles. The van der Waals surface area contributed by atoms with Crippen molar-refractivity contribution in [2.75, 3.05) is 0 Å². The van der Waals surface area contributed by atoms with Gasteiger partial charge in [0.25, 0.3) is 0 Å². The molecule has 0 aliphatic rings. The number of aromatic nitrogens is 5. The monoisotopic (exact) mass is 185 g/mol. The van der Waals surface area contributed by atoms with Crippen LogP contribution in [0.15, 0.2) is 30.5 Å². The molecule has 1 aromatic carbocycles. The number of aromatic amines is 2. The summed E-state index contributed by atoms with van der Waals surface area (Å²) >= 11 is 0. The van der Waals surface area contributed by atoms with E-state index in [9.17, 15) is 0 Å². The molecule has 0 saturated heterocycles. The predicted octanol–water partition coefficient (Wildman–Crippen LogP) is 1.35. The van der Waals surface area contributed by atoms with E-state index in [0.717, 1.165) is 22.3 Å². The normalized spacial score (nSPS) is 10.9. The average molecular weight is 185 g/mol. The zero-order chi connectivity index (χ0) is 9.38. The molecular formula is C9H7N5. The van der Waals surface area contributed by atoms with Crippen molar-refractivity contribution in [3.8, 4) is 11.4 Å². The summed E-state index contributed by atoms with van der Waals surface area (Å²) in [5.74, 6) is 0. The molecule has 2 aromatic heterocycles. The van der Waals surface area contributed by atoms with Crippen molar-refractivity contribution >= 4 is 10.9 Å². The van der Waals surface area contributed by atoms with Crippen LogP contribution < -0.4 is 0 Å². The molecule has 0 aliphatic carbocycles. The third-order valence-corrected chi connectivity index (χ3v) is 2.13. The molecule has 0 spiro atoms. The van der Waals surface area contributed by atoms with Crippen LogP contribution in [-0.4, -0.2) is 25.6 Å². The molecule has 3 aromatic rings. The first kappa shape index (κ1) is 7.25. The molecule has 0 radical (unpaired) electrons. The summed E-state index contributed by atoms with van der Waals surface area (Å²) in [4.78, 5) is 0. The maximum atomic E-state index is 4.19. The van der Waals surface area contributed by atoms with Gasteiger partial charge in [-0.05, 0) is 6.07 Å². The third-order valence-electron chi connectivity index (χ3n) is 2.13. The van der Waals surface area contributed by atoms with Crippen LogP contribution in [0.25, 0.3) is 22.3 Å². The number of H-pyrrole nitrogens is 2. The molecule has 5 nitrogen and oxygen atoms in total. The second-order valence-corrected chi connectivity index (χ2v) is 2.98. The number of para-hydroxylation sites is 1. The van der Waals surface area contributed by atoms with Gasteiger partial charge in [0, 0.05) is 5.39 Å². The van der Waals surface area contributed by atoms with E-state index in [1.807, 2.05) is 24.3 Å². The minimum Gasteiger partial charge on any atom is -0.277 e. The number of hydrogen-bond acceptors (Lipinski definition) is 3. The van der Waals surface area contributed by atoms with E-state index >= 15 is 0 Å². The van der Waals surface area contributed by atoms with Crippen LogP contribution in [0.3, 0.4) is 0 Å². The summed E-state index contributed by atoms with van der Waals surface area (Å²) in [5.41, 5.74) is 2.59. The fraction of sp³-hybridized carbons (Fsp3) is 0. The van der Waals surface area contributed by atoms with Crippen LogP contribution in [0.5, 0.6) is 0 Å². The van der Waals surface area contributed by atoms with Gasteiger partial charge < -0.3 is 0 Å². The Labute approximate surface area is 79.2 Å². The van der Waals surface area contributed by atoms with Crippen LogP contribution in [0.1, 0.15) is 0 Å². The number of hydrogen-bond donors (Lipinski definition) is 2. The first-order chi connectivity index (χ1) is 6.95. The van der Waals surface area contributed by atoms with Crippen LogP contribution >= 0.6 is 0 Å².